The zero-order valence-corrected chi connectivity index (χ0v) is 14.4. The van der Waals surface area contributed by atoms with Gasteiger partial charge in [0.25, 0.3) is 5.91 Å². The number of piperidine rings is 1. The van der Waals surface area contributed by atoms with Gasteiger partial charge in [0.2, 0.25) is 0 Å². The van der Waals surface area contributed by atoms with Gasteiger partial charge in [0, 0.05) is 19.0 Å². The molecule has 0 bridgehead atoms. The largest absolute Gasteiger partial charge is 0.466 e. The lowest BCUT2D eigenvalue weighted by atomic mass is 9.97. The second-order valence-corrected chi connectivity index (χ2v) is 6.33. The first-order valence-corrected chi connectivity index (χ1v) is 8.36. The van der Waals surface area contributed by atoms with E-state index in [9.17, 15) is 9.59 Å². The molecular formula is C15H20Cl2N3O3+. The topological polar surface area (TPSA) is 72.7 Å². The normalized spacial score (nSPS) is 20.8. The smallest absolute Gasteiger partial charge is 0.309 e. The van der Waals surface area contributed by atoms with Crippen molar-refractivity contribution in [3.63, 3.8) is 0 Å². The average Bonchev–Trinajstić information content (AvgIpc) is 2.51. The minimum Gasteiger partial charge on any atom is -0.466 e. The first-order chi connectivity index (χ1) is 11.0. The first kappa shape index (κ1) is 18.0. The summed E-state index contributed by atoms with van der Waals surface area (Å²) >= 11 is 11.7. The molecule has 8 heteroatoms. The van der Waals surface area contributed by atoms with Crippen LogP contribution in [0, 0.1) is 5.92 Å². The number of ether oxygens (including phenoxy) is 1. The van der Waals surface area contributed by atoms with Gasteiger partial charge in [0.1, 0.15) is 0 Å². The Hall–Kier alpha value is -1.37. The van der Waals surface area contributed by atoms with E-state index in [2.05, 4.69) is 10.3 Å². The number of anilines is 1. The zero-order chi connectivity index (χ0) is 16.8. The molecule has 6 nitrogen and oxygen atoms in total. The average molecular weight is 361 g/mol. The van der Waals surface area contributed by atoms with Crippen molar-refractivity contribution in [2.24, 2.45) is 5.92 Å². The second-order valence-electron chi connectivity index (χ2n) is 5.49. The number of amides is 1. The van der Waals surface area contributed by atoms with Crippen LogP contribution in [0.3, 0.4) is 0 Å². The fourth-order valence-electron chi connectivity index (χ4n) is 2.61. The van der Waals surface area contributed by atoms with Crippen LogP contribution in [-0.4, -0.2) is 43.1 Å². The van der Waals surface area contributed by atoms with Gasteiger partial charge >= 0.3 is 5.97 Å². The monoisotopic (exact) mass is 360 g/mol. The molecule has 126 valence electrons. The van der Waals surface area contributed by atoms with E-state index in [-0.39, 0.29) is 17.8 Å². The summed E-state index contributed by atoms with van der Waals surface area (Å²) in [6.07, 6.45) is 2.91. The Balaban J connectivity index is 1.79. The van der Waals surface area contributed by atoms with Crippen molar-refractivity contribution in [1.29, 1.82) is 0 Å². The van der Waals surface area contributed by atoms with Crippen LogP contribution in [-0.2, 0) is 14.3 Å². The summed E-state index contributed by atoms with van der Waals surface area (Å²) in [5.74, 6) is -0.0320. The van der Waals surface area contributed by atoms with Gasteiger partial charge in [-0.15, -0.1) is 0 Å². The van der Waals surface area contributed by atoms with Crippen LogP contribution in [0.5, 0.6) is 0 Å². The summed E-state index contributed by atoms with van der Waals surface area (Å²) in [7, 11) is 0. The van der Waals surface area contributed by atoms with Gasteiger partial charge in [0.05, 0.1) is 35.7 Å². The molecule has 1 saturated heterocycles. The van der Waals surface area contributed by atoms with Gasteiger partial charge in [-0.1, -0.05) is 23.2 Å². The van der Waals surface area contributed by atoms with Crippen molar-refractivity contribution >= 4 is 40.9 Å². The Kier molecular flexibility index (Phi) is 6.62. The highest BCUT2D eigenvalue weighted by Crippen LogP contribution is 2.22. The van der Waals surface area contributed by atoms with Gasteiger partial charge < -0.3 is 15.0 Å². The molecule has 1 amide bonds. The van der Waals surface area contributed by atoms with Crippen molar-refractivity contribution in [2.45, 2.75) is 19.8 Å². The van der Waals surface area contributed by atoms with Crippen LogP contribution in [0.1, 0.15) is 19.8 Å². The molecule has 2 rings (SSSR count). The summed E-state index contributed by atoms with van der Waals surface area (Å²) in [5, 5.41) is 3.41. The van der Waals surface area contributed by atoms with Gasteiger partial charge in [-0.3, -0.25) is 9.59 Å². The predicted molar refractivity (Wildman–Crippen MR) is 87.8 cm³/mol. The van der Waals surface area contributed by atoms with Gasteiger partial charge in [-0.2, -0.15) is 0 Å². The van der Waals surface area contributed by atoms with Crippen LogP contribution in [0.2, 0.25) is 10.0 Å². The summed E-state index contributed by atoms with van der Waals surface area (Å²) in [4.78, 5) is 28.9. The number of hydrogen-bond acceptors (Lipinski definition) is 4. The summed E-state index contributed by atoms with van der Waals surface area (Å²) in [5.41, 5.74) is 0. The molecule has 1 aromatic rings. The Morgan fingerprint density at radius 3 is 2.70 bits per heavy atom. The van der Waals surface area contributed by atoms with E-state index in [4.69, 9.17) is 27.9 Å². The summed E-state index contributed by atoms with van der Waals surface area (Å²) in [6.45, 7) is 4.05. The van der Waals surface area contributed by atoms with E-state index in [1.54, 1.807) is 6.92 Å². The number of rotatable bonds is 5. The second kappa shape index (κ2) is 8.47. The fraction of sp³-hybridized carbons (Fsp3) is 0.533. The number of hydrogen-bond donors (Lipinski definition) is 2. The fourth-order valence-corrected chi connectivity index (χ4v) is 3.04. The van der Waals surface area contributed by atoms with Gasteiger partial charge in [-0.05, 0) is 13.0 Å². The van der Waals surface area contributed by atoms with Gasteiger partial charge in [-0.25, -0.2) is 4.98 Å². The third-order valence-corrected chi connectivity index (χ3v) is 4.28. The highest BCUT2D eigenvalue weighted by molar-refractivity contribution is 6.36. The third-order valence-electron chi connectivity index (χ3n) is 3.79. The number of esters is 1. The maximum absolute atomic E-state index is 12.1. The van der Waals surface area contributed by atoms with Crippen molar-refractivity contribution in [3.05, 3.63) is 22.3 Å². The van der Waals surface area contributed by atoms with Crippen LogP contribution in [0.15, 0.2) is 12.3 Å². The van der Waals surface area contributed by atoms with E-state index in [1.165, 1.54) is 12.3 Å². The number of likely N-dealkylation sites (tertiary alicyclic amines) is 1. The molecule has 0 spiro atoms. The molecule has 23 heavy (non-hydrogen) atoms. The van der Waals surface area contributed by atoms with E-state index in [0.29, 0.717) is 29.0 Å². The zero-order valence-electron chi connectivity index (χ0n) is 12.9. The molecule has 2 N–H and O–H groups in total. The Labute approximate surface area is 145 Å². The number of carbonyl (C=O) groups is 2. The Bertz CT molecular complexity index is 575. The number of halogens is 2. The number of quaternary nitrogens is 1. The van der Waals surface area contributed by atoms with Crippen LogP contribution in [0.25, 0.3) is 0 Å². The lowest BCUT2D eigenvalue weighted by Gasteiger charge is -2.27. The maximum atomic E-state index is 12.1. The van der Waals surface area contributed by atoms with E-state index >= 15 is 0 Å². The minimum absolute atomic E-state index is 0.0471. The van der Waals surface area contributed by atoms with Crippen LogP contribution in [0.4, 0.5) is 5.82 Å². The molecule has 1 aromatic heterocycles. The Morgan fingerprint density at radius 2 is 2.09 bits per heavy atom. The molecule has 0 aliphatic carbocycles. The molecule has 1 aliphatic heterocycles. The lowest BCUT2D eigenvalue weighted by Crippen LogP contribution is -3.14. The maximum Gasteiger partial charge on any atom is 0.309 e. The summed E-state index contributed by atoms with van der Waals surface area (Å²) in [6, 6.07) is 1.53. The highest BCUT2D eigenvalue weighted by atomic mass is 35.5. The molecular weight excluding hydrogens is 341 g/mol. The standard InChI is InChI=1S/C15H19Cl2N3O3/c1-2-23-15(22)10-3-5-20(6-4-10)9-13(21)19-14-12(17)7-11(16)8-18-14/h7-8,10H,2-6,9H2,1H3,(H,18,19,21)/p+1. The number of carbonyl (C=O) groups excluding carboxylic acids is 2. The van der Waals surface area contributed by atoms with Crippen molar-refractivity contribution in [1.82, 2.24) is 4.98 Å². The van der Waals surface area contributed by atoms with Crippen molar-refractivity contribution < 1.29 is 19.2 Å². The number of pyridine rings is 1. The lowest BCUT2D eigenvalue weighted by molar-refractivity contribution is -0.897. The van der Waals surface area contributed by atoms with Crippen LogP contribution >= 0.6 is 23.2 Å². The van der Waals surface area contributed by atoms with Crippen molar-refractivity contribution in [2.75, 3.05) is 31.6 Å². The van der Waals surface area contributed by atoms with Crippen LogP contribution < -0.4 is 10.2 Å². The molecule has 1 aliphatic rings. The highest BCUT2D eigenvalue weighted by Gasteiger charge is 2.29. The minimum atomic E-state index is -0.161. The predicted octanol–water partition coefficient (Wildman–Crippen LogP) is 1.18. The number of aromatic nitrogens is 1. The van der Waals surface area contributed by atoms with E-state index in [1.807, 2.05) is 0 Å². The molecule has 0 unspecified atom stereocenters. The molecule has 0 saturated carbocycles. The molecule has 0 radical (unpaired) electrons. The molecule has 0 aromatic carbocycles. The first-order valence-electron chi connectivity index (χ1n) is 7.60. The summed E-state index contributed by atoms with van der Waals surface area (Å²) < 4.78 is 5.04. The van der Waals surface area contributed by atoms with Gasteiger partial charge in [0.15, 0.2) is 12.4 Å². The Morgan fingerprint density at radius 1 is 1.39 bits per heavy atom. The SMILES string of the molecule is CCOC(=O)C1CC[NH+](CC(=O)Nc2ncc(Cl)cc2Cl)CC1. The van der Waals surface area contributed by atoms with Crippen molar-refractivity contribution in [3.8, 4) is 0 Å². The molecule has 0 atom stereocenters. The molecule has 2 heterocycles. The quantitative estimate of drug-likeness (QED) is 0.773. The molecule has 1 fully saturated rings. The third kappa shape index (κ3) is 5.34. The van der Waals surface area contributed by atoms with E-state index < -0.39 is 0 Å². The number of nitrogens with one attached hydrogen (secondary N) is 2. The van der Waals surface area contributed by atoms with E-state index in [0.717, 1.165) is 30.8 Å². The number of nitrogens with zero attached hydrogens (tertiary/aromatic N) is 1.